The third-order valence-corrected chi connectivity index (χ3v) is 3.69. The maximum absolute atomic E-state index is 13.7. The van der Waals surface area contributed by atoms with E-state index in [1.54, 1.807) is 6.08 Å². The molecule has 2 aromatic carbocycles. The smallest absolute Gasteiger partial charge is 0.337 e. The van der Waals surface area contributed by atoms with Gasteiger partial charge in [0.1, 0.15) is 5.82 Å². The Morgan fingerprint density at radius 3 is 2.65 bits per heavy atom. The van der Waals surface area contributed by atoms with Crippen LogP contribution in [0.5, 0.6) is 0 Å². The molecule has 1 amide bonds. The molecule has 0 fully saturated rings. The Morgan fingerprint density at radius 2 is 1.96 bits per heavy atom. The molecule has 2 rings (SSSR count). The molecule has 0 bridgehead atoms. The minimum absolute atomic E-state index is 0.0883. The van der Waals surface area contributed by atoms with Crippen molar-refractivity contribution < 1.29 is 18.7 Å². The van der Waals surface area contributed by atoms with Gasteiger partial charge in [0.15, 0.2) is 0 Å². The van der Waals surface area contributed by atoms with E-state index in [2.05, 4.69) is 26.0 Å². The molecule has 23 heavy (non-hydrogen) atoms. The van der Waals surface area contributed by atoms with E-state index in [1.165, 1.54) is 25.3 Å². The molecule has 6 heteroatoms. The van der Waals surface area contributed by atoms with Gasteiger partial charge in [-0.2, -0.15) is 0 Å². The second kappa shape index (κ2) is 7.69. The minimum atomic E-state index is -0.639. The summed E-state index contributed by atoms with van der Waals surface area (Å²) in [6.45, 7) is 0. The molecular weight excluding hydrogens is 365 g/mol. The van der Waals surface area contributed by atoms with Crippen molar-refractivity contribution in [2.45, 2.75) is 0 Å². The molecule has 2 aromatic rings. The Hall–Kier alpha value is -2.47. The van der Waals surface area contributed by atoms with Crippen molar-refractivity contribution in [3.05, 3.63) is 70.0 Å². The lowest BCUT2D eigenvalue weighted by Gasteiger charge is -2.06. The van der Waals surface area contributed by atoms with Crippen LogP contribution in [0.2, 0.25) is 0 Å². The van der Waals surface area contributed by atoms with Gasteiger partial charge in [0.05, 0.1) is 18.4 Å². The Labute approximate surface area is 141 Å². The number of nitrogens with one attached hydrogen (secondary N) is 1. The van der Waals surface area contributed by atoms with Gasteiger partial charge in [-0.1, -0.05) is 34.1 Å². The second-order valence-corrected chi connectivity index (χ2v) is 5.38. The summed E-state index contributed by atoms with van der Waals surface area (Å²) in [6.07, 6.45) is 2.88. The van der Waals surface area contributed by atoms with Crippen LogP contribution in [0, 0.1) is 5.82 Å². The summed E-state index contributed by atoms with van der Waals surface area (Å²) < 4.78 is 19.1. The first kappa shape index (κ1) is 16.9. The van der Waals surface area contributed by atoms with Crippen molar-refractivity contribution in [1.82, 2.24) is 0 Å². The Balaban J connectivity index is 2.14. The van der Waals surface area contributed by atoms with Crippen LogP contribution in [0.15, 0.2) is 53.0 Å². The standard InChI is InChI=1S/C17H13BrFNO3/c1-23-17(22)12-6-8-14(19)15(10-12)20-16(21)9-7-11-4-2-3-5-13(11)18/h2-10H,1H3,(H,20,21)/b9-7+. The maximum atomic E-state index is 13.7. The highest BCUT2D eigenvalue weighted by atomic mass is 79.9. The van der Waals surface area contributed by atoms with Crippen molar-refractivity contribution in [3.8, 4) is 0 Å². The van der Waals surface area contributed by atoms with Gasteiger partial charge >= 0.3 is 5.97 Å². The monoisotopic (exact) mass is 377 g/mol. The second-order valence-electron chi connectivity index (χ2n) is 4.53. The predicted octanol–water partition coefficient (Wildman–Crippen LogP) is 4.03. The number of ether oxygens (including phenoxy) is 1. The number of hydrogen-bond donors (Lipinski definition) is 1. The van der Waals surface area contributed by atoms with Crippen LogP contribution < -0.4 is 5.32 Å². The highest BCUT2D eigenvalue weighted by Crippen LogP contribution is 2.19. The molecule has 118 valence electrons. The normalized spacial score (nSPS) is 10.6. The third-order valence-electron chi connectivity index (χ3n) is 2.96. The third kappa shape index (κ3) is 4.50. The van der Waals surface area contributed by atoms with Gasteiger partial charge in [0.2, 0.25) is 5.91 Å². The number of carbonyl (C=O) groups is 2. The number of benzene rings is 2. The first-order valence-electron chi connectivity index (χ1n) is 6.62. The molecule has 0 aliphatic rings. The van der Waals surface area contributed by atoms with Crippen LogP contribution in [-0.4, -0.2) is 19.0 Å². The fourth-order valence-corrected chi connectivity index (χ4v) is 2.23. The number of methoxy groups -OCH3 is 1. The van der Waals surface area contributed by atoms with Gasteiger partial charge in [0, 0.05) is 10.5 Å². The number of esters is 1. The maximum Gasteiger partial charge on any atom is 0.337 e. The molecule has 0 heterocycles. The molecule has 4 nitrogen and oxygen atoms in total. The molecule has 0 aliphatic heterocycles. The fraction of sp³-hybridized carbons (Fsp3) is 0.0588. The quantitative estimate of drug-likeness (QED) is 0.646. The zero-order valence-corrected chi connectivity index (χ0v) is 13.8. The van der Waals surface area contributed by atoms with Crippen molar-refractivity contribution >= 4 is 39.6 Å². The zero-order valence-electron chi connectivity index (χ0n) is 12.2. The first-order valence-corrected chi connectivity index (χ1v) is 7.42. The highest BCUT2D eigenvalue weighted by Gasteiger charge is 2.11. The van der Waals surface area contributed by atoms with Gasteiger partial charge in [0.25, 0.3) is 0 Å². The summed E-state index contributed by atoms with van der Waals surface area (Å²) in [5, 5.41) is 2.40. The topological polar surface area (TPSA) is 55.4 Å². The van der Waals surface area contributed by atoms with Crippen LogP contribution in [0.25, 0.3) is 6.08 Å². The predicted molar refractivity (Wildman–Crippen MR) is 89.5 cm³/mol. The van der Waals surface area contributed by atoms with Crippen LogP contribution >= 0.6 is 15.9 Å². The minimum Gasteiger partial charge on any atom is -0.465 e. The summed E-state index contributed by atoms with van der Waals surface area (Å²) in [6, 6.07) is 11.0. The van der Waals surface area contributed by atoms with E-state index in [4.69, 9.17) is 0 Å². The molecule has 0 saturated heterocycles. The lowest BCUT2D eigenvalue weighted by atomic mass is 10.2. The van der Waals surface area contributed by atoms with Crippen molar-refractivity contribution in [2.75, 3.05) is 12.4 Å². The number of anilines is 1. The van der Waals surface area contributed by atoms with E-state index in [0.717, 1.165) is 16.1 Å². The number of carbonyl (C=O) groups excluding carboxylic acids is 2. The van der Waals surface area contributed by atoms with E-state index >= 15 is 0 Å². The average Bonchev–Trinajstić information content (AvgIpc) is 2.55. The summed E-state index contributed by atoms with van der Waals surface area (Å²) in [5.41, 5.74) is 0.875. The van der Waals surface area contributed by atoms with Gasteiger partial charge in [-0.15, -0.1) is 0 Å². The SMILES string of the molecule is COC(=O)c1ccc(F)c(NC(=O)/C=C/c2ccccc2Br)c1. The molecule has 0 radical (unpaired) electrons. The molecule has 0 atom stereocenters. The van der Waals surface area contributed by atoms with E-state index in [0.29, 0.717) is 0 Å². The van der Waals surface area contributed by atoms with E-state index < -0.39 is 17.7 Å². The first-order chi connectivity index (χ1) is 11.0. The number of amides is 1. The molecule has 1 N–H and O–H groups in total. The molecular formula is C17H13BrFNO3. The summed E-state index contributed by atoms with van der Waals surface area (Å²) in [7, 11) is 1.23. The molecule has 0 aliphatic carbocycles. The molecule has 0 saturated carbocycles. The van der Waals surface area contributed by atoms with Gasteiger partial charge < -0.3 is 10.1 Å². The van der Waals surface area contributed by atoms with E-state index in [-0.39, 0.29) is 11.3 Å². The van der Waals surface area contributed by atoms with Gasteiger partial charge in [-0.3, -0.25) is 4.79 Å². The Bertz CT molecular complexity index is 774. The van der Waals surface area contributed by atoms with Crippen molar-refractivity contribution in [1.29, 1.82) is 0 Å². The molecule has 0 spiro atoms. The molecule has 0 aromatic heterocycles. The Morgan fingerprint density at radius 1 is 1.22 bits per heavy atom. The summed E-state index contributed by atoms with van der Waals surface area (Å²) >= 11 is 3.36. The number of halogens is 2. The largest absolute Gasteiger partial charge is 0.465 e. The Kier molecular flexibility index (Phi) is 5.65. The van der Waals surface area contributed by atoms with Crippen LogP contribution in [0.3, 0.4) is 0 Å². The van der Waals surface area contributed by atoms with Crippen LogP contribution in [0.1, 0.15) is 15.9 Å². The molecule has 0 unspecified atom stereocenters. The van der Waals surface area contributed by atoms with E-state index in [1.807, 2.05) is 24.3 Å². The van der Waals surface area contributed by atoms with Crippen molar-refractivity contribution in [3.63, 3.8) is 0 Å². The number of hydrogen-bond acceptors (Lipinski definition) is 3. The summed E-state index contributed by atoms with van der Waals surface area (Å²) in [4.78, 5) is 23.3. The summed E-state index contributed by atoms with van der Waals surface area (Å²) in [5.74, 6) is -1.76. The zero-order chi connectivity index (χ0) is 16.8. The van der Waals surface area contributed by atoms with E-state index in [9.17, 15) is 14.0 Å². The van der Waals surface area contributed by atoms with Gasteiger partial charge in [-0.25, -0.2) is 9.18 Å². The number of rotatable bonds is 4. The lowest BCUT2D eigenvalue weighted by Crippen LogP contribution is -2.11. The highest BCUT2D eigenvalue weighted by molar-refractivity contribution is 9.10. The van der Waals surface area contributed by atoms with Crippen LogP contribution in [-0.2, 0) is 9.53 Å². The van der Waals surface area contributed by atoms with Gasteiger partial charge in [-0.05, 0) is 35.9 Å². The van der Waals surface area contributed by atoms with Crippen LogP contribution in [0.4, 0.5) is 10.1 Å². The van der Waals surface area contributed by atoms with Crippen molar-refractivity contribution in [2.24, 2.45) is 0 Å². The average molecular weight is 378 g/mol. The fourth-order valence-electron chi connectivity index (χ4n) is 1.82. The lowest BCUT2D eigenvalue weighted by molar-refractivity contribution is -0.111.